The standard InChI is InChI=1S/C25H36O3/c1-3-4-6-11-19-15-16-22(20-12-9-10-18(2)17-20)24(26)23(19)25(27)28-21-13-7-5-8-14-21/h15-17,20-21,26H,3-14H2,1-2H3/t20-/m0/s1. The second-order valence-corrected chi connectivity index (χ2v) is 8.67. The first-order chi connectivity index (χ1) is 13.6. The number of benzene rings is 1. The lowest BCUT2D eigenvalue weighted by Gasteiger charge is -2.25. The molecule has 1 aromatic rings. The van der Waals surface area contributed by atoms with E-state index in [1.54, 1.807) is 0 Å². The molecule has 0 amide bonds. The summed E-state index contributed by atoms with van der Waals surface area (Å²) in [6.07, 6.45) is 15.0. The number of phenols is 1. The van der Waals surface area contributed by atoms with Gasteiger partial charge in [0, 0.05) is 11.5 Å². The van der Waals surface area contributed by atoms with Crippen molar-refractivity contribution in [1.29, 1.82) is 0 Å². The minimum Gasteiger partial charge on any atom is -0.507 e. The van der Waals surface area contributed by atoms with Crippen molar-refractivity contribution in [3.05, 3.63) is 40.5 Å². The topological polar surface area (TPSA) is 46.5 Å². The number of allylic oxidation sites excluding steroid dienone is 2. The maximum Gasteiger partial charge on any atom is 0.342 e. The van der Waals surface area contributed by atoms with Crippen molar-refractivity contribution in [2.45, 2.75) is 103 Å². The van der Waals surface area contributed by atoms with Gasteiger partial charge in [-0.1, -0.05) is 50.0 Å². The monoisotopic (exact) mass is 384 g/mol. The third-order valence-corrected chi connectivity index (χ3v) is 6.35. The van der Waals surface area contributed by atoms with Crippen LogP contribution in [0.2, 0.25) is 0 Å². The van der Waals surface area contributed by atoms with Gasteiger partial charge in [-0.05, 0) is 70.3 Å². The van der Waals surface area contributed by atoms with E-state index in [4.69, 9.17) is 4.74 Å². The lowest BCUT2D eigenvalue weighted by molar-refractivity contribution is 0.0206. The van der Waals surface area contributed by atoms with Crippen LogP contribution in [-0.4, -0.2) is 17.2 Å². The van der Waals surface area contributed by atoms with Crippen LogP contribution < -0.4 is 0 Å². The maximum absolute atomic E-state index is 13.1. The first-order valence-corrected chi connectivity index (χ1v) is 11.3. The fourth-order valence-electron chi connectivity index (χ4n) is 4.70. The number of carbonyl (C=O) groups excluding carboxylic acids is 1. The zero-order chi connectivity index (χ0) is 19.9. The van der Waals surface area contributed by atoms with Crippen LogP contribution in [0.5, 0.6) is 5.75 Å². The van der Waals surface area contributed by atoms with Crippen LogP contribution in [0.15, 0.2) is 23.8 Å². The van der Waals surface area contributed by atoms with Crippen molar-refractivity contribution in [1.82, 2.24) is 0 Å². The Morgan fingerprint density at radius 3 is 2.61 bits per heavy atom. The van der Waals surface area contributed by atoms with Gasteiger partial charge in [-0.3, -0.25) is 0 Å². The molecule has 0 unspecified atom stereocenters. The zero-order valence-electron chi connectivity index (χ0n) is 17.6. The molecule has 0 spiro atoms. The Balaban J connectivity index is 1.89. The van der Waals surface area contributed by atoms with Gasteiger partial charge >= 0.3 is 5.97 Å². The quantitative estimate of drug-likeness (QED) is 0.318. The highest BCUT2D eigenvalue weighted by Gasteiger charge is 2.27. The molecule has 0 radical (unpaired) electrons. The Morgan fingerprint density at radius 1 is 1.11 bits per heavy atom. The molecule has 0 saturated heterocycles. The average molecular weight is 385 g/mol. The first-order valence-electron chi connectivity index (χ1n) is 11.3. The Kier molecular flexibility index (Phi) is 7.58. The van der Waals surface area contributed by atoms with Crippen molar-refractivity contribution < 1.29 is 14.6 Å². The van der Waals surface area contributed by atoms with E-state index in [1.807, 2.05) is 6.07 Å². The van der Waals surface area contributed by atoms with E-state index in [0.29, 0.717) is 5.56 Å². The highest BCUT2D eigenvalue weighted by Crippen LogP contribution is 2.39. The lowest BCUT2D eigenvalue weighted by atomic mass is 9.83. The fraction of sp³-hybridized carbons (Fsp3) is 0.640. The summed E-state index contributed by atoms with van der Waals surface area (Å²) in [6, 6.07) is 4.09. The summed E-state index contributed by atoms with van der Waals surface area (Å²) in [7, 11) is 0. The predicted octanol–water partition coefficient (Wildman–Crippen LogP) is 6.83. The van der Waals surface area contributed by atoms with Gasteiger partial charge in [0.25, 0.3) is 0 Å². The number of aryl methyl sites for hydroxylation is 1. The number of hydrogen-bond acceptors (Lipinski definition) is 3. The fourth-order valence-corrected chi connectivity index (χ4v) is 4.70. The van der Waals surface area contributed by atoms with Crippen molar-refractivity contribution in [3.8, 4) is 5.75 Å². The van der Waals surface area contributed by atoms with Crippen LogP contribution in [0.1, 0.15) is 112 Å². The minimum atomic E-state index is -0.325. The summed E-state index contributed by atoms with van der Waals surface area (Å²) in [5, 5.41) is 11.1. The van der Waals surface area contributed by atoms with Gasteiger partial charge in [-0.2, -0.15) is 0 Å². The Labute approximate surface area is 170 Å². The van der Waals surface area contributed by atoms with E-state index < -0.39 is 0 Å². The number of phenolic OH excluding ortho intramolecular Hbond substituents is 1. The molecule has 1 fully saturated rings. The van der Waals surface area contributed by atoms with Crippen LogP contribution >= 0.6 is 0 Å². The summed E-state index contributed by atoms with van der Waals surface area (Å²) in [6.45, 7) is 4.33. The van der Waals surface area contributed by atoms with Gasteiger partial charge in [0.1, 0.15) is 17.4 Å². The number of unbranched alkanes of at least 4 members (excludes halogenated alkanes) is 2. The number of ether oxygens (including phenoxy) is 1. The van der Waals surface area contributed by atoms with E-state index in [-0.39, 0.29) is 23.7 Å². The number of hydrogen-bond donors (Lipinski definition) is 1. The van der Waals surface area contributed by atoms with Gasteiger partial charge < -0.3 is 9.84 Å². The Hall–Kier alpha value is -1.77. The third kappa shape index (κ3) is 5.18. The Morgan fingerprint density at radius 2 is 1.89 bits per heavy atom. The smallest absolute Gasteiger partial charge is 0.342 e. The molecule has 1 atom stereocenters. The number of carbonyl (C=O) groups is 1. The molecule has 3 nitrogen and oxygen atoms in total. The molecule has 1 N–H and O–H groups in total. The van der Waals surface area contributed by atoms with Crippen LogP contribution in [0.4, 0.5) is 0 Å². The van der Waals surface area contributed by atoms with E-state index in [9.17, 15) is 9.90 Å². The molecule has 2 aliphatic carbocycles. The van der Waals surface area contributed by atoms with E-state index in [0.717, 1.165) is 81.8 Å². The molecule has 0 aliphatic heterocycles. The molecule has 1 saturated carbocycles. The summed E-state index contributed by atoms with van der Waals surface area (Å²) < 4.78 is 5.85. The highest BCUT2D eigenvalue weighted by atomic mass is 16.5. The van der Waals surface area contributed by atoms with Crippen LogP contribution in [0.25, 0.3) is 0 Å². The van der Waals surface area contributed by atoms with Gasteiger partial charge in [-0.25, -0.2) is 4.79 Å². The Bertz CT molecular complexity index is 698. The molecule has 0 bridgehead atoms. The van der Waals surface area contributed by atoms with Crippen molar-refractivity contribution in [2.24, 2.45) is 0 Å². The second-order valence-electron chi connectivity index (χ2n) is 8.67. The summed E-state index contributed by atoms with van der Waals surface area (Å²) in [4.78, 5) is 13.1. The molecule has 154 valence electrons. The molecule has 0 heterocycles. The van der Waals surface area contributed by atoms with E-state index in [1.165, 1.54) is 12.0 Å². The third-order valence-electron chi connectivity index (χ3n) is 6.35. The SMILES string of the molecule is CCCCCc1ccc([C@@H]2C=C(C)CCC2)c(O)c1C(=O)OC1CCCCC1. The van der Waals surface area contributed by atoms with Gasteiger partial charge in [0.2, 0.25) is 0 Å². The zero-order valence-corrected chi connectivity index (χ0v) is 17.6. The van der Waals surface area contributed by atoms with Crippen molar-refractivity contribution >= 4 is 5.97 Å². The molecule has 2 aliphatic rings. The second kappa shape index (κ2) is 10.1. The molecule has 1 aromatic carbocycles. The summed E-state index contributed by atoms with van der Waals surface area (Å²) >= 11 is 0. The van der Waals surface area contributed by atoms with Crippen LogP contribution in [0, 0.1) is 0 Å². The number of esters is 1. The normalized spacial score (nSPS) is 20.6. The van der Waals surface area contributed by atoms with Gasteiger partial charge in [0.15, 0.2) is 0 Å². The maximum atomic E-state index is 13.1. The summed E-state index contributed by atoms with van der Waals surface area (Å²) in [5.74, 6) is 0.0275. The molecular weight excluding hydrogens is 348 g/mol. The molecular formula is C25H36O3. The minimum absolute atomic E-state index is 0.00428. The molecule has 3 heteroatoms. The molecule has 3 rings (SSSR count). The van der Waals surface area contributed by atoms with Crippen molar-refractivity contribution in [2.75, 3.05) is 0 Å². The number of rotatable bonds is 7. The van der Waals surface area contributed by atoms with Crippen molar-refractivity contribution in [3.63, 3.8) is 0 Å². The number of aromatic hydroxyl groups is 1. The van der Waals surface area contributed by atoms with Gasteiger partial charge in [0.05, 0.1) is 0 Å². The van der Waals surface area contributed by atoms with E-state index in [2.05, 4.69) is 26.0 Å². The average Bonchev–Trinajstić information content (AvgIpc) is 2.69. The largest absolute Gasteiger partial charge is 0.507 e. The predicted molar refractivity (Wildman–Crippen MR) is 114 cm³/mol. The van der Waals surface area contributed by atoms with Crippen LogP contribution in [0.3, 0.4) is 0 Å². The molecule has 0 aromatic heterocycles. The summed E-state index contributed by atoms with van der Waals surface area (Å²) in [5.41, 5.74) is 3.62. The highest BCUT2D eigenvalue weighted by molar-refractivity contribution is 5.95. The lowest BCUT2D eigenvalue weighted by Crippen LogP contribution is -2.22. The first kappa shape index (κ1) is 21.0. The van der Waals surface area contributed by atoms with E-state index >= 15 is 0 Å². The molecule has 28 heavy (non-hydrogen) atoms. The van der Waals surface area contributed by atoms with Gasteiger partial charge in [-0.15, -0.1) is 0 Å². The van der Waals surface area contributed by atoms with Crippen LogP contribution in [-0.2, 0) is 11.2 Å².